The van der Waals surface area contributed by atoms with E-state index in [4.69, 9.17) is 22.4 Å². The first-order chi connectivity index (χ1) is 10.8. The van der Waals surface area contributed by atoms with Gasteiger partial charge in [-0.25, -0.2) is 9.18 Å². The number of amides is 1. The molecular formula is C14H10FNO5S2. The Balaban J connectivity index is 2.30. The van der Waals surface area contributed by atoms with Gasteiger partial charge in [-0.05, 0) is 23.8 Å². The van der Waals surface area contributed by atoms with Crippen LogP contribution in [0.25, 0.3) is 6.08 Å². The van der Waals surface area contributed by atoms with Gasteiger partial charge < -0.3 is 10.2 Å². The van der Waals surface area contributed by atoms with E-state index in [1.807, 2.05) is 0 Å². The van der Waals surface area contributed by atoms with Gasteiger partial charge in [0, 0.05) is 0 Å². The fourth-order valence-electron chi connectivity index (χ4n) is 1.91. The molecule has 1 atom stereocenters. The van der Waals surface area contributed by atoms with E-state index in [2.05, 4.69) is 0 Å². The molecule has 1 aromatic rings. The van der Waals surface area contributed by atoms with Crippen molar-refractivity contribution >= 4 is 52.2 Å². The third kappa shape index (κ3) is 3.93. The van der Waals surface area contributed by atoms with Crippen LogP contribution in [0.5, 0.6) is 0 Å². The van der Waals surface area contributed by atoms with Crippen molar-refractivity contribution in [3.05, 3.63) is 40.6 Å². The number of benzene rings is 1. The van der Waals surface area contributed by atoms with E-state index in [1.165, 1.54) is 30.3 Å². The smallest absolute Gasteiger partial charge is 0.327 e. The zero-order valence-electron chi connectivity index (χ0n) is 11.4. The second kappa shape index (κ2) is 6.88. The largest absolute Gasteiger partial charge is 0.481 e. The lowest BCUT2D eigenvalue weighted by Gasteiger charge is -2.21. The Bertz CT molecular complexity index is 716. The number of carbonyl (C=O) groups is 3. The zero-order valence-corrected chi connectivity index (χ0v) is 13.1. The van der Waals surface area contributed by atoms with Crippen LogP contribution in [0.3, 0.4) is 0 Å². The second-order valence-electron chi connectivity index (χ2n) is 4.56. The standard InChI is InChI=1S/C14H10FNO5S2/c15-8-3-1-7(2-4-8)5-10-12(19)16(14(22)23-10)9(13(20)21)6-11(17)18/h1-5,9H,6H2,(H,17,18)(H,20,21)/b10-5+/t9-/m0/s1. The molecule has 1 aromatic carbocycles. The van der Waals surface area contributed by atoms with E-state index in [0.29, 0.717) is 5.56 Å². The average Bonchev–Trinajstić information content (AvgIpc) is 2.73. The SMILES string of the molecule is O=C(O)C[C@@H](C(=O)O)N1C(=O)/C(=C\c2ccc(F)cc2)SC1=S. The first kappa shape index (κ1) is 17.1. The summed E-state index contributed by atoms with van der Waals surface area (Å²) in [5.41, 5.74) is 0.539. The normalized spacial score (nSPS) is 17.6. The molecule has 9 heteroatoms. The van der Waals surface area contributed by atoms with Gasteiger partial charge in [0.15, 0.2) is 0 Å². The lowest BCUT2D eigenvalue weighted by atomic mass is 10.1. The van der Waals surface area contributed by atoms with Crippen molar-refractivity contribution < 1.29 is 29.0 Å². The van der Waals surface area contributed by atoms with E-state index < -0.39 is 36.1 Å². The van der Waals surface area contributed by atoms with Gasteiger partial charge in [-0.1, -0.05) is 36.1 Å². The number of thioether (sulfide) groups is 1. The van der Waals surface area contributed by atoms with Gasteiger partial charge in [0.2, 0.25) is 0 Å². The number of hydrogen-bond acceptors (Lipinski definition) is 5. The van der Waals surface area contributed by atoms with Crippen LogP contribution < -0.4 is 0 Å². The summed E-state index contributed by atoms with van der Waals surface area (Å²) < 4.78 is 12.8. The minimum absolute atomic E-state index is 0.0305. The summed E-state index contributed by atoms with van der Waals surface area (Å²) in [4.78, 5) is 35.3. The highest BCUT2D eigenvalue weighted by atomic mass is 32.2. The molecule has 6 nitrogen and oxygen atoms in total. The predicted molar refractivity (Wildman–Crippen MR) is 85.1 cm³/mol. The average molecular weight is 355 g/mol. The lowest BCUT2D eigenvalue weighted by molar-refractivity contribution is -0.150. The molecule has 120 valence electrons. The van der Waals surface area contributed by atoms with Gasteiger partial charge in [0.25, 0.3) is 5.91 Å². The Hall–Kier alpha value is -2.26. The van der Waals surface area contributed by atoms with Crippen LogP contribution in [0.2, 0.25) is 0 Å². The van der Waals surface area contributed by atoms with E-state index in [9.17, 15) is 18.8 Å². The van der Waals surface area contributed by atoms with Gasteiger partial charge >= 0.3 is 11.9 Å². The van der Waals surface area contributed by atoms with Gasteiger partial charge in [0.05, 0.1) is 11.3 Å². The number of aliphatic carboxylic acids is 2. The summed E-state index contributed by atoms with van der Waals surface area (Å²) in [5, 5.41) is 17.9. The van der Waals surface area contributed by atoms with Crippen molar-refractivity contribution in [2.75, 3.05) is 0 Å². The summed E-state index contributed by atoms with van der Waals surface area (Å²) in [5.74, 6) is -3.92. The molecule has 0 saturated carbocycles. The third-order valence-electron chi connectivity index (χ3n) is 2.96. The molecule has 1 fully saturated rings. The first-order valence-corrected chi connectivity index (χ1v) is 7.49. The van der Waals surface area contributed by atoms with Gasteiger partial charge in [0.1, 0.15) is 16.2 Å². The molecule has 0 bridgehead atoms. The van der Waals surface area contributed by atoms with Gasteiger partial charge in [-0.2, -0.15) is 0 Å². The fourth-order valence-corrected chi connectivity index (χ4v) is 3.27. The number of carbonyl (C=O) groups excluding carboxylic acids is 1. The Morgan fingerprint density at radius 2 is 1.91 bits per heavy atom. The number of carboxylic acid groups (broad SMARTS) is 2. The van der Waals surface area contributed by atoms with Crippen molar-refractivity contribution in [1.29, 1.82) is 0 Å². The Kier molecular flexibility index (Phi) is 5.12. The molecule has 2 N–H and O–H groups in total. The van der Waals surface area contributed by atoms with Gasteiger partial charge in [-0.15, -0.1) is 0 Å². The second-order valence-corrected chi connectivity index (χ2v) is 6.23. The van der Waals surface area contributed by atoms with E-state index in [1.54, 1.807) is 0 Å². The Morgan fingerprint density at radius 1 is 1.30 bits per heavy atom. The highest BCUT2D eigenvalue weighted by Gasteiger charge is 2.41. The molecule has 1 saturated heterocycles. The summed E-state index contributed by atoms with van der Waals surface area (Å²) in [6, 6.07) is 3.77. The quantitative estimate of drug-likeness (QED) is 0.616. The van der Waals surface area contributed by atoms with E-state index >= 15 is 0 Å². The topological polar surface area (TPSA) is 94.9 Å². The first-order valence-electron chi connectivity index (χ1n) is 6.27. The Morgan fingerprint density at radius 3 is 2.43 bits per heavy atom. The highest BCUT2D eigenvalue weighted by Crippen LogP contribution is 2.34. The van der Waals surface area contributed by atoms with Crippen LogP contribution in [0.4, 0.5) is 4.39 Å². The predicted octanol–water partition coefficient (Wildman–Crippen LogP) is 1.95. The molecule has 1 aliphatic heterocycles. The van der Waals surface area contributed by atoms with E-state index in [0.717, 1.165) is 16.7 Å². The van der Waals surface area contributed by atoms with E-state index in [-0.39, 0.29) is 9.23 Å². The van der Waals surface area contributed by atoms with Crippen molar-refractivity contribution in [2.45, 2.75) is 12.5 Å². The summed E-state index contributed by atoms with van der Waals surface area (Å²) in [6.45, 7) is 0. The molecule has 0 unspecified atom stereocenters. The third-order valence-corrected chi connectivity index (χ3v) is 4.29. The maximum absolute atomic E-state index is 12.9. The monoisotopic (exact) mass is 355 g/mol. The van der Waals surface area contributed by atoms with Crippen LogP contribution in [-0.4, -0.2) is 43.3 Å². The number of thiocarbonyl (C=S) groups is 1. The summed E-state index contributed by atoms with van der Waals surface area (Å²) >= 11 is 5.86. The van der Waals surface area contributed by atoms with Crippen LogP contribution >= 0.6 is 24.0 Å². The van der Waals surface area contributed by atoms with Crippen molar-refractivity contribution in [3.8, 4) is 0 Å². The minimum atomic E-state index is -1.57. The molecular weight excluding hydrogens is 345 g/mol. The minimum Gasteiger partial charge on any atom is -0.481 e. The van der Waals surface area contributed by atoms with Gasteiger partial charge in [-0.3, -0.25) is 14.5 Å². The number of nitrogens with zero attached hydrogens (tertiary/aromatic N) is 1. The molecule has 0 aliphatic carbocycles. The van der Waals surface area contributed by atoms with Crippen molar-refractivity contribution in [2.24, 2.45) is 0 Å². The number of halogens is 1. The molecule has 0 aromatic heterocycles. The molecule has 0 spiro atoms. The maximum Gasteiger partial charge on any atom is 0.327 e. The lowest BCUT2D eigenvalue weighted by Crippen LogP contribution is -2.45. The van der Waals surface area contributed by atoms with Crippen LogP contribution in [0.1, 0.15) is 12.0 Å². The van der Waals surface area contributed by atoms with Crippen LogP contribution in [-0.2, 0) is 14.4 Å². The Labute approximate surface area is 139 Å². The summed E-state index contributed by atoms with van der Waals surface area (Å²) in [6.07, 6.45) is 0.685. The number of rotatable bonds is 5. The number of hydrogen-bond donors (Lipinski definition) is 2. The van der Waals surface area contributed by atoms with Crippen molar-refractivity contribution in [1.82, 2.24) is 4.90 Å². The zero-order chi connectivity index (χ0) is 17.1. The van der Waals surface area contributed by atoms with Crippen molar-refractivity contribution in [3.63, 3.8) is 0 Å². The highest BCUT2D eigenvalue weighted by molar-refractivity contribution is 8.26. The van der Waals surface area contributed by atoms with Crippen LogP contribution in [0, 0.1) is 5.82 Å². The van der Waals surface area contributed by atoms with Crippen LogP contribution in [0.15, 0.2) is 29.2 Å². The molecule has 0 radical (unpaired) electrons. The molecule has 23 heavy (non-hydrogen) atoms. The molecule has 1 amide bonds. The maximum atomic E-state index is 12.9. The fraction of sp³-hybridized carbons (Fsp3) is 0.143. The molecule has 2 rings (SSSR count). The molecule has 1 aliphatic rings. The summed E-state index contributed by atoms with van der Waals surface area (Å²) in [7, 11) is 0. The number of carboxylic acids is 2. The molecule has 1 heterocycles.